The molecule has 3 atom stereocenters. The molecule has 2 aliphatic rings. The first-order valence-corrected chi connectivity index (χ1v) is 10.1. The summed E-state index contributed by atoms with van der Waals surface area (Å²) in [5.74, 6) is 1.39. The molecule has 0 amide bonds. The maximum Gasteiger partial charge on any atom is 0.193 e. The largest absolute Gasteiger partial charge is 0.456 e. The van der Waals surface area contributed by atoms with E-state index in [1.165, 1.54) is 18.9 Å². The Kier molecular flexibility index (Phi) is 4.67. The van der Waals surface area contributed by atoms with Crippen molar-refractivity contribution in [1.82, 2.24) is 0 Å². The first-order chi connectivity index (χ1) is 13.3. The first kappa shape index (κ1) is 18.9. The lowest BCUT2D eigenvalue weighted by molar-refractivity contribution is 0.0126. The van der Waals surface area contributed by atoms with Gasteiger partial charge in [0.25, 0.3) is 0 Å². The lowest BCUT2D eigenvalue weighted by Gasteiger charge is -2.36. The van der Waals surface area contributed by atoms with Crippen molar-refractivity contribution in [3.05, 3.63) is 70.9 Å². The Morgan fingerprint density at radius 1 is 1.00 bits per heavy atom. The zero-order valence-electron chi connectivity index (χ0n) is 16.8. The number of hydrogen-bond donors (Lipinski definition) is 1. The molecule has 2 aromatic carbocycles. The molecular formula is C25H28O3. The van der Waals surface area contributed by atoms with Crippen LogP contribution in [0.25, 0.3) is 22.3 Å². The lowest BCUT2D eigenvalue weighted by Crippen LogP contribution is -2.35. The van der Waals surface area contributed by atoms with Crippen LogP contribution in [0.2, 0.25) is 0 Å². The molecule has 3 heteroatoms. The highest BCUT2D eigenvalue weighted by molar-refractivity contribution is 5.78. The van der Waals surface area contributed by atoms with E-state index >= 15 is 0 Å². The Hall–Kier alpha value is -2.39. The van der Waals surface area contributed by atoms with Crippen molar-refractivity contribution in [3.8, 4) is 11.3 Å². The van der Waals surface area contributed by atoms with Crippen LogP contribution in [0.4, 0.5) is 0 Å². The molecule has 2 fully saturated rings. The van der Waals surface area contributed by atoms with Crippen molar-refractivity contribution in [2.45, 2.75) is 46.1 Å². The molecule has 146 valence electrons. The second kappa shape index (κ2) is 6.89. The molecule has 5 rings (SSSR count). The van der Waals surface area contributed by atoms with E-state index in [2.05, 4.69) is 20.8 Å². The highest BCUT2D eigenvalue weighted by atomic mass is 16.3. The molecule has 1 heterocycles. The third-order valence-electron chi connectivity index (χ3n) is 7.44. The van der Waals surface area contributed by atoms with E-state index in [0.29, 0.717) is 22.1 Å². The molecule has 3 aromatic rings. The van der Waals surface area contributed by atoms with Gasteiger partial charge in [0, 0.05) is 11.6 Å². The van der Waals surface area contributed by atoms with Crippen LogP contribution in [0, 0.1) is 16.7 Å². The zero-order chi connectivity index (χ0) is 19.9. The molecule has 0 spiro atoms. The van der Waals surface area contributed by atoms with E-state index in [9.17, 15) is 9.90 Å². The van der Waals surface area contributed by atoms with Crippen molar-refractivity contribution in [1.29, 1.82) is 0 Å². The fourth-order valence-electron chi connectivity index (χ4n) is 5.01. The van der Waals surface area contributed by atoms with Gasteiger partial charge < -0.3 is 9.52 Å². The molecule has 1 aromatic heterocycles. The lowest BCUT2D eigenvalue weighted by atomic mass is 9.70. The predicted molar refractivity (Wildman–Crippen MR) is 113 cm³/mol. The Morgan fingerprint density at radius 2 is 1.68 bits per heavy atom. The van der Waals surface area contributed by atoms with Crippen LogP contribution in [0.15, 0.2) is 69.9 Å². The summed E-state index contributed by atoms with van der Waals surface area (Å²) in [6, 6.07) is 18.4. The van der Waals surface area contributed by atoms with Gasteiger partial charge in [-0.1, -0.05) is 63.2 Å². The fraction of sp³-hybridized carbons (Fsp3) is 0.400. The minimum Gasteiger partial charge on any atom is -0.456 e. The summed E-state index contributed by atoms with van der Waals surface area (Å²) in [7, 11) is 0. The molecule has 2 aliphatic carbocycles. The van der Waals surface area contributed by atoms with E-state index in [4.69, 9.17) is 4.42 Å². The Balaban J connectivity index is 0.000000151. The van der Waals surface area contributed by atoms with Gasteiger partial charge in [-0.15, -0.1) is 0 Å². The molecule has 3 nitrogen and oxygen atoms in total. The van der Waals surface area contributed by atoms with Gasteiger partial charge in [-0.2, -0.15) is 0 Å². The van der Waals surface area contributed by atoms with Gasteiger partial charge in [0.05, 0.1) is 11.5 Å². The number of rotatable bonds is 1. The zero-order valence-corrected chi connectivity index (χ0v) is 16.8. The molecule has 0 aliphatic heterocycles. The Bertz CT molecular complexity index is 1030. The van der Waals surface area contributed by atoms with Crippen LogP contribution < -0.4 is 5.43 Å². The van der Waals surface area contributed by atoms with Crippen LogP contribution >= 0.6 is 0 Å². The van der Waals surface area contributed by atoms with E-state index in [1.54, 1.807) is 6.07 Å². The van der Waals surface area contributed by atoms with E-state index < -0.39 is 0 Å². The first-order valence-electron chi connectivity index (χ1n) is 10.1. The quantitative estimate of drug-likeness (QED) is 0.597. The smallest absolute Gasteiger partial charge is 0.193 e. The van der Waals surface area contributed by atoms with Gasteiger partial charge in [-0.05, 0) is 48.1 Å². The molecule has 3 unspecified atom stereocenters. The molecule has 0 radical (unpaired) electrons. The van der Waals surface area contributed by atoms with Crippen molar-refractivity contribution >= 4 is 11.0 Å². The molecular weight excluding hydrogens is 348 g/mol. The van der Waals surface area contributed by atoms with Gasteiger partial charge in [0.15, 0.2) is 5.43 Å². The highest BCUT2D eigenvalue weighted by Crippen LogP contribution is 2.65. The van der Waals surface area contributed by atoms with Gasteiger partial charge in [-0.3, -0.25) is 4.79 Å². The molecule has 0 saturated heterocycles. The minimum atomic E-state index is -0.0313. The summed E-state index contributed by atoms with van der Waals surface area (Å²) in [5, 5.41) is 10.4. The third-order valence-corrected chi connectivity index (χ3v) is 7.44. The monoisotopic (exact) mass is 376 g/mol. The number of para-hydroxylation sites is 1. The Labute approximate surface area is 166 Å². The summed E-state index contributed by atoms with van der Waals surface area (Å²) in [5.41, 5.74) is 2.13. The Morgan fingerprint density at radius 3 is 2.25 bits per heavy atom. The maximum absolute atomic E-state index is 11.9. The molecule has 1 N–H and O–H groups in total. The fourth-order valence-corrected chi connectivity index (χ4v) is 5.01. The maximum atomic E-state index is 11.9. The standard InChI is InChI=1S/C15H10O2.C10H18O/c16-13-10-15(11-6-2-1-3-7-11)17-14-9-5-4-8-12(13)14;1-9(2)7-4-5-10(9,3)8(11)6-7/h1-10H;7-8,11H,4-6H2,1-3H3. The van der Waals surface area contributed by atoms with E-state index in [-0.39, 0.29) is 16.9 Å². The van der Waals surface area contributed by atoms with Crippen LogP contribution in [0.1, 0.15) is 40.0 Å². The second-order valence-electron chi connectivity index (χ2n) is 8.96. The highest BCUT2D eigenvalue weighted by Gasteiger charge is 2.60. The summed E-state index contributed by atoms with van der Waals surface area (Å²) in [6.45, 7) is 6.90. The summed E-state index contributed by atoms with van der Waals surface area (Å²) in [6.07, 6.45) is 3.58. The number of aliphatic hydroxyl groups is 1. The van der Waals surface area contributed by atoms with Gasteiger partial charge in [0.2, 0.25) is 0 Å². The normalized spacial score (nSPS) is 27.4. The van der Waals surface area contributed by atoms with Crippen molar-refractivity contribution in [2.24, 2.45) is 16.7 Å². The molecule has 2 saturated carbocycles. The van der Waals surface area contributed by atoms with E-state index in [1.807, 2.05) is 48.5 Å². The van der Waals surface area contributed by atoms with Crippen LogP contribution in [0.3, 0.4) is 0 Å². The average molecular weight is 376 g/mol. The number of fused-ring (bicyclic) bond motifs is 3. The van der Waals surface area contributed by atoms with Crippen molar-refractivity contribution in [2.75, 3.05) is 0 Å². The predicted octanol–water partition coefficient (Wildman–Crippen LogP) is 5.65. The van der Waals surface area contributed by atoms with E-state index in [0.717, 1.165) is 17.9 Å². The van der Waals surface area contributed by atoms with Crippen LogP contribution in [-0.2, 0) is 0 Å². The number of benzene rings is 2. The van der Waals surface area contributed by atoms with Gasteiger partial charge >= 0.3 is 0 Å². The van der Waals surface area contributed by atoms with Crippen LogP contribution in [-0.4, -0.2) is 11.2 Å². The summed E-state index contributed by atoms with van der Waals surface area (Å²) < 4.78 is 5.73. The molecule has 28 heavy (non-hydrogen) atoms. The van der Waals surface area contributed by atoms with Gasteiger partial charge in [-0.25, -0.2) is 0 Å². The third kappa shape index (κ3) is 2.98. The van der Waals surface area contributed by atoms with Crippen molar-refractivity contribution in [3.63, 3.8) is 0 Å². The number of hydrogen-bond acceptors (Lipinski definition) is 3. The molecule has 2 bridgehead atoms. The van der Waals surface area contributed by atoms with Gasteiger partial charge in [0.1, 0.15) is 11.3 Å². The SMILES string of the molecule is CC1(C)C2CCC1(C)C(O)C2.O=c1cc(-c2ccccc2)oc2ccccc12. The summed E-state index contributed by atoms with van der Waals surface area (Å²) in [4.78, 5) is 11.9. The van der Waals surface area contributed by atoms with Crippen LogP contribution in [0.5, 0.6) is 0 Å². The minimum absolute atomic E-state index is 0.00861. The number of aliphatic hydroxyl groups excluding tert-OH is 1. The average Bonchev–Trinajstić information content (AvgIpc) is 3.02. The second-order valence-corrected chi connectivity index (χ2v) is 8.96. The summed E-state index contributed by atoms with van der Waals surface area (Å²) >= 11 is 0. The van der Waals surface area contributed by atoms with Crippen molar-refractivity contribution < 1.29 is 9.52 Å². The topological polar surface area (TPSA) is 50.4 Å².